The molecule has 2 N–H and O–H groups in total. The second kappa shape index (κ2) is 6.03. The van der Waals surface area contributed by atoms with Crippen molar-refractivity contribution in [3.8, 4) is 11.6 Å². The van der Waals surface area contributed by atoms with Crippen LogP contribution in [-0.4, -0.2) is 15.1 Å². The van der Waals surface area contributed by atoms with Gasteiger partial charge in [-0.3, -0.25) is 4.98 Å². The van der Waals surface area contributed by atoms with E-state index in [-0.39, 0.29) is 0 Å². The van der Waals surface area contributed by atoms with Crippen LogP contribution in [0.5, 0.6) is 0 Å². The molecular weight excluding hydrogens is 288 g/mol. The molecule has 0 aliphatic carbocycles. The standard InChI is InChI=1S/C15H13ClN4O/c16-12-3-1-2-10(6-12)7-14-19-15(21-20-14)13-5-4-11(8-17)9-18-13/h1-6,9H,7-8,17H2. The zero-order valence-electron chi connectivity index (χ0n) is 11.2. The topological polar surface area (TPSA) is 77.8 Å². The van der Waals surface area contributed by atoms with Gasteiger partial charge in [-0.2, -0.15) is 4.98 Å². The molecule has 0 saturated carbocycles. The summed E-state index contributed by atoms with van der Waals surface area (Å²) in [6, 6.07) is 11.3. The first-order valence-corrected chi connectivity index (χ1v) is 6.85. The lowest BCUT2D eigenvalue weighted by Crippen LogP contribution is -1.97. The van der Waals surface area contributed by atoms with Gasteiger partial charge < -0.3 is 10.3 Å². The van der Waals surface area contributed by atoms with Crippen molar-refractivity contribution in [1.82, 2.24) is 15.1 Å². The molecule has 0 amide bonds. The van der Waals surface area contributed by atoms with Gasteiger partial charge in [0.25, 0.3) is 5.89 Å². The summed E-state index contributed by atoms with van der Waals surface area (Å²) in [5, 5.41) is 4.66. The van der Waals surface area contributed by atoms with E-state index in [1.54, 1.807) is 6.20 Å². The first kappa shape index (κ1) is 13.7. The van der Waals surface area contributed by atoms with Gasteiger partial charge in [0.15, 0.2) is 5.82 Å². The Kier molecular flexibility index (Phi) is 3.94. The largest absolute Gasteiger partial charge is 0.332 e. The monoisotopic (exact) mass is 300 g/mol. The van der Waals surface area contributed by atoms with E-state index >= 15 is 0 Å². The van der Waals surface area contributed by atoms with Crippen molar-refractivity contribution in [3.63, 3.8) is 0 Å². The molecule has 0 unspecified atom stereocenters. The first-order valence-electron chi connectivity index (χ1n) is 6.47. The lowest BCUT2D eigenvalue weighted by Gasteiger charge is -1.97. The van der Waals surface area contributed by atoms with Crippen LogP contribution in [-0.2, 0) is 13.0 Å². The van der Waals surface area contributed by atoms with Gasteiger partial charge in [-0.1, -0.05) is 35.0 Å². The number of hydrogen-bond donors (Lipinski definition) is 1. The summed E-state index contributed by atoms with van der Waals surface area (Å²) in [6.45, 7) is 0.455. The van der Waals surface area contributed by atoms with Gasteiger partial charge in [0, 0.05) is 24.2 Å². The van der Waals surface area contributed by atoms with Crippen molar-refractivity contribution >= 4 is 11.6 Å². The third-order valence-electron chi connectivity index (χ3n) is 3.00. The summed E-state index contributed by atoms with van der Waals surface area (Å²) in [7, 11) is 0. The summed E-state index contributed by atoms with van der Waals surface area (Å²) in [5.41, 5.74) is 8.16. The zero-order chi connectivity index (χ0) is 14.7. The summed E-state index contributed by atoms with van der Waals surface area (Å²) in [5.74, 6) is 0.993. The van der Waals surface area contributed by atoms with Gasteiger partial charge in [0.05, 0.1) is 0 Å². The molecule has 6 heteroatoms. The lowest BCUT2D eigenvalue weighted by atomic mass is 10.1. The summed E-state index contributed by atoms with van der Waals surface area (Å²) in [4.78, 5) is 8.60. The van der Waals surface area contributed by atoms with Gasteiger partial charge in [-0.05, 0) is 29.3 Å². The fraction of sp³-hybridized carbons (Fsp3) is 0.133. The Morgan fingerprint density at radius 1 is 1.14 bits per heavy atom. The molecule has 3 rings (SSSR count). The highest BCUT2D eigenvalue weighted by molar-refractivity contribution is 6.30. The van der Waals surface area contributed by atoms with Crippen LogP contribution in [0.25, 0.3) is 11.6 Å². The number of halogens is 1. The van der Waals surface area contributed by atoms with E-state index in [9.17, 15) is 0 Å². The molecule has 3 aromatic rings. The minimum absolute atomic E-state index is 0.399. The van der Waals surface area contributed by atoms with E-state index < -0.39 is 0 Å². The predicted molar refractivity (Wildman–Crippen MR) is 79.7 cm³/mol. The van der Waals surface area contributed by atoms with Crippen molar-refractivity contribution in [2.75, 3.05) is 0 Å². The predicted octanol–water partition coefficient (Wildman–Crippen LogP) is 2.83. The maximum Gasteiger partial charge on any atom is 0.276 e. The first-order chi connectivity index (χ1) is 10.2. The minimum atomic E-state index is 0.399. The van der Waals surface area contributed by atoms with Crippen molar-refractivity contribution in [3.05, 3.63) is 64.6 Å². The van der Waals surface area contributed by atoms with Crippen LogP contribution in [0.3, 0.4) is 0 Å². The second-order valence-electron chi connectivity index (χ2n) is 4.58. The Morgan fingerprint density at radius 2 is 2.05 bits per heavy atom. The smallest absolute Gasteiger partial charge is 0.276 e. The third-order valence-corrected chi connectivity index (χ3v) is 3.23. The van der Waals surface area contributed by atoms with Crippen LogP contribution < -0.4 is 5.73 Å². The van der Waals surface area contributed by atoms with E-state index in [4.69, 9.17) is 21.9 Å². The van der Waals surface area contributed by atoms with Crippen LogP contribution in [0.1, 0.15) is 17.0 Å². The molecule has 106 valence electrons. The van der Waals surface area contributed by atoms with E-state index in [0.29, 0.717) is 35.4 Å². The number of benzene rings is 1. The van der Waals surface area contributed by atoms with Crippen molar-refractivity contribution in [2.45, 2.75) is 13.0 Å². The van der Waals surface area contributed by atoms with E-state index in [0.717, 1.165) is 11.1 Å². The van der Waals surface area contributed by atoms with Gasteiger partial charge >= 0.3 is 0 Å². The molecule has 0 atom stereocenters. The van der Waals surface area contributed by atoms with Crippen molar-refractivity contribution in [1.29, 1.82) is 0 Å². The Morgan fingerprint density at radius 3 is 2.76 bits per heavy atom. The highest BCUT2D eigenvalue weighted by Gasteiger charge is 2.10. The molecule has 0 radical (unpaired) electrons. The molecule has 0 spiro atoms. The molecule has 1 aromatic carbocycles. The molecule has 2 heterocycles. The van der Waals surface area contributed by atoms with Gasteiger partial charge in [-0.15, -0.1) is 0 Å². The maximum atomic E-state index is 5.96. The summed E-state index contributed by atoms with van der Waals surface area (Å²) >= 11 is 5.96. The molecule has 0 bridgehead atoms. The normalized spacial score (nSPS) is 10.8. The van der Waals surface area contributed by atoms with Crippen LogP contribution in [0.4, 0.5) is 0 Å². The zero-order valence-corrected chi connectivity index (χ0v) is 11.9. The molecule has 0 saturated heterocycles. The van der Waals surface area contributed by atoms with Crippen LogP contribution in [0, 0.1) is 0 Å². The van der Waals surface area contributed by atoms with Crippen LogP contribution >= 0.6 is 11.6 Å². The number of hydrogen-bond acceptors (Lipinski definition) is 5. The van der Waals surface area contributed by atoms with E-state index in [1.165, 1.54) is 0 Å². The average molecular weight is 301 g/mol. The highest BCUT2D eigenvalue weighted by atomic mass is 35.5. The fourth-order valence-electron chi connectivity index (χ4n) is 1.93. The van der Waals surface area contributed by atoms with Crippen molar-refractivity contribution in [2.24, 2.45) is 5.73 Å². The van der Waals surface area contributed by atoms with Gasteiger partial charge in [0.2, 0.25) is 0 Å². The molecular formula is C15H13ClN4O. The Balaban J connectivity index is 1.79. The van der Waals surface area contributed by atoms with E-state index in [1.807, 2.05) is 36.4 Å². The van der Waals surface area contributed by atoms with E-state index in [2.05, 4.69) is 15.1 Å². The maximum absolute atomic E-state index is 5.96. The highest BCUT2D eigenvalue weighted by Crippen LogP contribution is 2.17. The van der Waals surface area contributed by atoms with Gasteiger partial charge in [0.1, 0.15) is 5.69 Å². The number of aromatic nitrogens is 3. The quantitative estimate of drug-likeness (QED) is 0.801. The molecule has 0 aliphatic heterocycles. The fourth-order valence-corrected chi connectivity index (χ4v) is 2.14. The molecule has 5 nitrogen and oxygen atoms in total. The number of nitrogens with two attached hydrogens (primary N) is 1. The summed E-state index contributed by atoms with van der Waals surface area (Å²) in [6.07, 6.45) is 2.26. The Labute approximate surface area is 126 Å². The molecule has 21 heavy (non-hydrogen) atoms. The minimum Gasteiger partial charge on any atom is -0.332 e. The van der Waals surface area contributed by atoms with Gasteiger partial charge in [-0.25, -0.2) is 0 Å². The summed E-state index contributed by atoms with van der Waals surface area (Å²) < 4.78 is 5.24. The Hall–Kier alpha value is -2.24. The average Bonchev–Trinajstić information content (AvgIpc) is 2.96. The van der Waals surface area contributed by atoms with Crippen molar-refractivity contribution < 1.29 is 4.52 Å². The Bertz CT molecular complexity index is 739. The number of nitrogens with zero attached hydrogens (tertiary/aromatic N) is 3. The lowest BCUT2D eigenvalue weighted by molar-refractivity contribution is 0.422. The molecule has 0 fully saturated rings. The van der Waals surface area contributed by atoms with Crippen LogP contribution in [0.15, 0.2) is 47.1 Å². The molecule has 0 aliphatic rings. The second-order valence-corrected chi connectivity index (χ2v) is 5.01. The number of pyridine rings is 1. The van der Waals surface area contributed by atoms with Crippen LogP contribution in [0.2, 0.25) is 5.02 Å². The SMILES string of the molecule is NCc1ccc(-c2nc(Cc3cccc(Cl)c3)no2)nc1. The molecule has 2 aromatic heterocycles. The number of rotatable bonds is 4. The third kappa shape index (κ3) is 3.26.